The van der Waals surface area contributed by atoms with E-state index in [0.29, 0.717) is 11.7 Å². The van der Waals surface area contributed by atoms with Crippen LogP contribution in [0.3, 0.4) is 0 Å². The number of ketones is 1. The van der Waals surface area contributed by atoms with Gasteiger partial charge in [0.25, 0.3) is 0 Å². The lowest BCUT2D eigenvalue weighted by molar-refractivity contribution is -0.125. The fraction of sp³-hybridized carbons (Fsp3) is 0.550. The van der Waals surface area contributed by atoms with Crippen LogP contribution in [0, 0.1) is 16.7 Å². The van der Waals surface area contributed by atoms with E-state index >= 15 is 0 Å². The number of anilines is 1. The Morgan fingerprint density at radius 1 is 1.23 bits per heavy atom. The Balaban J connectivity index is 1.75. The summed E-state index contributed by atoms with van der Waals surface area (Å²) in [5.74, 6) is 0.830. The van der Waals surface area contributed by atoms with E-state index in [4.69, 9.17) is 0 Å². The zero-order valence-corrected chi connectivity index (χ0v) is 13.9. The van der Waals surface area contributed by atoms with Crippen molar-refractivity contribution in [2.75, 3.05) is 11.4 Å². The first kappa shape index (κ1) is 14.0. The standard InChI is InChI=1S/C20H25NO/c1-19(2)16-10-11-20(19,3)18(22)15(16)13-21-12-6-8-14-7-4-5-9-17(14)21/h4-5,7,9,13,16H,6,8,10-12H2,1-3H3/t16-,20+/m0/s1. The molecule has 22 heavy (non-hydrogen) atoms. The zero-order chi connectivity index (χ0) is 15.5. The van der Waals surface area contributed by atoms with E-state index in [0.717, 1.165) is 31.4 Å². The van der Waals surface area contributed by atoms with E-state index in [1.165, 1.54) is 17.7 Å². The number of rotatable bonds is 1. The normalized spacial score (nSPS) is 34.3. The summed E-state index contributed by atoms with van der Waals surface area (Å²) in [4.78, 5) is 15.3. The quantitative estimate of drug-likeness (QED) is 0.718. The molecule has 2 bridgehead atoms. The van der Waals surface area contributed by atoms with Crippen LogP contribution in [-0.2, 0) is 11.2 Å². The molecule has 2 aliphatic carbocycles. The predicted octanol–water partition coefficient (Wildman–Crippen LogP) is 4.35. The highest BCUT2D eigenvalue weighted by Crippen LogP contribution is 2.65. The first-order valence-electron chi connectivity index (χ1n) is 8.56. The van der Waals surface area contributed by atoms with Crippen molar-refractivity contribution in [3.05, 3.63) is 41.6 Å². The van der Waals surface area contributed by atoms with E-state index in [9.17, 15) is 4.79 Å². The average Bonchev–Trinajstić information content (AvgIpc) is 2.82. The third-order valence-electron chi connectivity index (χ3n) is 6.81. The molecule has 0 unspecified atom stereocenters. The van der Waals surface area contributed by atoms with Crippen molar-refractivity contribution in [3.8, 4) is 0 Å². The minimum absolute atomic E-state index is 0.102. The third kappa shape index (κ3) is 1.64. The molecule has 2 fully saturated rings. The third-order valence-corrected chi connectivity index (χ3v) is 6.81. The van der Waals surface area contributed by atoms with Gasteiger partial charge in [-0.3, -0.25) is 4.79 Å². The molecule has 116 valence electrons. The minimum atomic E-state index is -0.154. The molecule has 0 spiro atoms. The van der Waals surface area contributed by atoms with Crippen LogP contribution >= 0.6 is 0 Å². The van der Waals surface area contributed by atoms with E-state index in [-0.39, 0.29) is 10.8 Å². The van der Waals surface area contributed by atoms with Crippen molar-refractivity contribution in [2.45, 2.75) is 46.5 Å². The van der Waals surface area contributed by atoms with Gasteiger partial charge < -0.3 is 4.90 Å². The second-order valence-electron chi connectivity index (χ2n) is 7.98. The van der Waals surface area contributed by atoms with Crippen LogP contribution in [0.5, 0.6) is 0 Å². The fourth-order valence-corrected chi connectivity index (χ4v) is 4.94. The van der Waals surface area contributed by atoms with E-state index in [1.807, 2.05) is 0 Å². The fourth-order valence-electron chi connectivity index (χ4n) is 4.94. The molecular weight excluding hydrogens is 270 g/mol. The summed E-state index contributed by atoms with van der Waals surface area (Å²) >= 11 is 0. The van der Waals surface area contributed by atoms with E-state index in [2.05, 4.69) is 56.1 Å². The van der Waals surface area contributed by atoms with Gasteiger partial charge in [-0.1, -0.05) is 39.0 Å². The van der Waals surface area contributed by atoms with Gasteiger partial charge in [0.1, 0.15) is 0 Å². The topological polar surface area (TPSA) is 20.3 Å². The van der Waals surface area contributed by atoms with Crippen molar-refractivity contribution < 1.29 is 4.79 Å². The zero-order valence-electron chi connectivity index (χ0n) is 13.9. The van der Waals surface area contributed by atoms with Crippen LogP contribution < -0.4 is 4.90 Å². The minimum Gasteiger partial charge on any atom is -0.347 e. The predicted molar refractivity (Wildman–Crippen MR) is 89.8 cm³/mol. The highest BCUT2D eigenvalue weighted by molar-refractivity contribution is 6.05. The number of nitrogens with zero attached hydrogens (tertiary/aromatic N) is 1. The molecule has 0 N–H and O–H groups in total. The molecule has 1 aromatic rings. The lowest BCUT2D eigenvalue weighted by Crippen LogP contribution is -2.32. The van der Waals surface area contributed by atoms with Crippen molar-refractivity contribution in [1.29, 1.82) is 0 Å². The molecule has 2 saturated carbocycles. The van der Waals surface area contributed by atoms with Gasteiger partial charge in [0, 0.05) is 29.4 Å². The molecule has 0 radical (unpaired) electrons. The van der Waals surface area contributed by atoms with Crippen molar-refractivity contribution >= 4 is 11.5 Å². The highest BCUT2D eigenvalue weighted by atomic mass is 16.1. The summed E-state index contributed by atoms with van der Waals surface area (Å²) in [5.41, 5.74) is 3.73. The van der Waals surface area contributed by atoms with Gasteiger partial charge in [0.2, 0.25) is 0 Å². The van der Waals surface area contributed by atoms with Crippen LogP contribution in [0.4, 0.5) is 5.69 Å². The van der Waals surface area contributed by atoms with Crippen molar-refractivity contribution in [3.63, 3.8) is 0 Å². The smallest absolute Gasteiger partial charge is 0.167 e. The molecule has 2 atom stereocenters. The molecule has 0 saturated heterocycles. The largest absolute Gasteiger partial charge is 0.347 e. The monoisotopic (exact) mass is 295 g/mol. The number of para-hydroxylation sites is 1. The molecule has 1 heterocycles. The van der Waals surface area contributed by atoms with Crippen LogP contribution in [0.1, 0.15) is 45.6 Å². The second kappa shape index (κ2) is 4.47. The number of carbonyl (C=O) groups excluding carboxylic acids is 1. The number of fused-ring (bicyclic) bond motifs is 3. The second-order valence-corrected chi connectivity index (χ2v) is 7.98. The molecular formula is C20H25NO. The van der Waals surface area contributed by atoms with Crippen LogP contribution in [0.2, 0.25) is 0 Å². The van der Waals surface area contributed by atoms with Crippen molar-refractivity contribution in [2.24, 2.45) is 16.7 Å². The van der Waals surface area contributed by atoms with Gasteiger partial charge in [0.15, 0.2) is 5.78 Å². The molecule has 3 aliphatic rings. The Kier molecular flexibility index (Phi) is 2.85. The number of hydrogen-bond donors (Lipinski definition) is 0. The van der Waals surface area contributed by atoms with Crippen LogP contribution in [0.25, 0.3) is 0 Å². The highest BCUT2D eigenvalue weighted by Gasteiger charge is 2.64. The van der Waals surface area contributed by atoms with Crippen LogP contribution in [0.15, 0.2) is 36.0 Å². The maximum atomic E-state index is 13.0. The van der Waals surface area contributed by atoms with Gasteiger partial charge in [-0.15, -0.1) is 0 Å². The Morgan fingerprint density at radius 2 is 2.00 bits per heavy atom. The van der Waals surface area contributed by atoms with Gasteiger partial charge >= 0.3 is 0 Å². The summed E-state index contributed by atoms with van der Waals surface area (Å²) in [7, 11) is 0. The summed E-state index contributed by atoms with van der Waals surface area (Å²) in [5, 5.41) is 0. The molecule has 0 amide bonds. The molecule has 0 aromatic heterocycles. The summed E-state index contributed by atoms with van der Waals surface area (Å²) in [6.45, 7) is 7.78. The molecule has 2 heteroatoms. The molecule has 1 aliphatic heterocycles. The molecule has 2 nitrogen and oxygen atoms in total. The average molecular weight is 295 g/mol. The van der Waals surface area contributed by atoms with E-state index in [1.54, 1.807) is 0 Å². The lowest BCUT2D eigenvalue weighted by atomic mass is 9.70. The Hall–Kier alpha value is -1.57. The first-order chi connectivity index (χ1) is 10.4. The number of benzene rings is 1. The molecule has 1 aromatic carbocycles. The number of hydrogen-bond acceptors (Lipinski definition) is 2. The Morgan fingerprint density at radius 3 is 2.73 bits per heavy atom. The maximum Gasteiger partial charge on any atom is 0.167 e. The number of Topliss-reactive ketones (excluding diaryl/α,β-unsaturated/α-hetero) is 1. The van der Waals surface area contributed by atoms with Gasteiger partial charge in [0.05, 0.1) is 0 Å². The molecule has 4 rings (SSSR count). The summed E-state index contributed by atoms with van der Waals surface area (Å²) in [6.07, 6.45) is 6.72. The number of carbonyl (C=O) groups is 1. The van der Waals surface area contributed by atoms with Crippen molar-refractivity contribution in [1.82, 2.24) is 0 Å². The maximum absolute atomic E-state index is 13.0. The number of allylic oxidation sites excluding steroid dienone is 1. The Labute approximate surface area is 133 Å². The Bertz CT molecular complexity index is 672. The first-order valence-corrected chi connectivity index (χ1v) is 8.56. The van der Waals surface area contributed by atoms with Gasteiger partial charge in [-0.2, -0.15) is 0 Å². The summed E-state index contributed by atoms with van der Waals surface area (Å²) in [6, 6.07) is 8.62. The van der Waals surface area contributed by atoms with Gasteiger partial charge in [-0.05, 0) is 48.6 Å². The van der Waals surface area contributed by atoms with Crippen LogP contribution in [-0.4, -0.2) is 12.3 Å². The SMILES string of the molecule is CC1(C)[C@H]2CC[C@]1(C)C(=O)C2=CN1CCCc2ccccc21. The summed E-state index contributed by atoms with van der Waals surface area (Å²) < 4.78 is 0. The lowest BCUT2D eigenvalue weighted by Gasteiger charge is -2.31. The number of aryl methyl sites for hydroxylation is 1. The van der Waals surface area contributed by atoms with Gasteiger partial charge in [-0.25, -0.2) is 0 Å². The van der Waals surface area contributed by atoms with E-state index < -0.39 is 0 Å².